The molecule has 3 rings (SSSR count). The van der Waals surface area contributed by atoms with Gasteiger partial charge in [0.25, 0.3) is 5.91 Å². The van der Waals surface area contributed by atoms with Gasteiger partial charge >= 0.3 is 0 Å². The summed E-state index contributed by atoms with van der Waals surface area (Å²) in [5.41, 5.74) is 1.23. The van der Waals surface area contributed by atoms with Crippen molar-refractivity contribution in [2.75, 3.05) is 30.0 Å². The minimum atomic E-state index is -3.07. The van der Waals surface area contributed by atoms with Gasteiger partial charge in [-0.15, -0.1) is 0 Å². The Balaban J connectivity index is 1.90. The monoisotopic (exact) mass is 388 g/mol. The molecule has 2 aromatic rings. The molecule has 2 heterocycles. The molecule has 27 heavy (non-hydrogen) atoms. The Labute approximate surface area is 160 Å². The molecule has 0 spiro atoms. The summed E-state index contributed by atoms with van der Waals surface area (Å²) in [5, 5.41) is 0. The Morgan fingerprint density at radius 1 is 1.22 bits per heavy atom. The van der Waals surface area contributed by atoms with E-state index >= 15 is 0 Å². The van der Waals surface area contributed by atoms with E-state index in [9.17, 15) is 13.2 Å². The van der Waals surface area contributed by atoms with E-state index in [0.717, 1.165) is 5.69 Å². The molecule has 0 aliphatic carbocycles. The minimum absolute atomic E-state index is 0.0213. The summed E-state index contributed by atoms with van der Waals surface area (Å²) in [6.07, 6.45) is 0.475. The molecule has 0 saturated carbocycles. The third kappa shape index (κ3) is 4.27. The number of benzene rings is 1. The second-order valence-electron chi connectivity index (χ2n) is 6.70. The van der Waals surface area contributed by atoms with Crippen LogP contribution >= 0.6 is 0 Å². The fourth-order valence-electron chi connectivity index (χ4n) is 3.35. The van der Waals surface area contributed by atoms with E-state index in [2.05, 4.69) is 9.97 Å². The third-order valence-electron chi connectivity index (χ3n) is 4.78. The molecule has 1 saturated heterocycles. The van der Waals surface area contributed by atoms with Crippen molar-refractivity contribution in [1.29, 1.82) is 0 Å². The molecule has 1 amide bonds. The molecular formula is C19H24N4O3S. The van der Waals surface area contributed by atoms with Gasteiger partial charge in [-0.3, -0.25) is 4.79 Å². The molecule has 0 N–H and O–H groups in total. The van der Waals surface area contributed by atoms with Crippen molar-refractivity contribution in [3.8, 4) is 0 Å². The van der Waals surface area contributed by atoms with E-state index in [1.165, 1.54) is 0 Å². The highest BCUT2D eigenvalue weighted by Crippen LogP contribution is 2.24. The van der Waals surface area contributed by atoms with E-state index < -0.39 is 9.84 Å². The molecule has 1 aliphatic heterocycles. The van der Waals surface area contributed by atoms with Crippen molar-refractivity contribution in [1.82, 2.24) is 14.9 Å². The van der Waals surface area contributed by atoms with Crippen LogP contribution in [-0.4, -0.2) is 60.3 Å². The molecular weight excluding hydrogens is 364 g/mol. The number of amides is 1. The summed E-state index contributed by atoms with van der Waals surface area (Å²) >= 11 is 0. The lowest BCUT2D eigenvalue weighted by Crippen LogP contribution is -2.41. The molecule has 0 bridgehead atoms. The average molecular weight is 388 g/mol. The number of rotatable bonds is 5. The number of nitrogens with zero attached hydrogens (tertiary/aromatic N) is 4. The maximum Gasteiger partial charge on any atom is 0.272 e. The zero-order chi connectivity index (χ0) is 19.6. The van der Waals surface area contributed by atoms with Crippen LogP contribution in [0.4, 0.5) is 11.5 Å². The smallest absolute Gasteiger partial charge is 0.272 e. The summed E-state index contributed by atoms with van der Waals surface area (Å²) in [4.78, 5) is 25.3. The van der Waals surface area contributed by atoms with Crippen LogP contribution < -0.4 is 4.90 Å². The maximum absolute atomic E-state index is 13.1. The van der Waals surface area contributed by atoms with Crippen LogP contribution in [0.2, 0.25) is 0 Å². The Morgan fingerprint density at radius 2 is 1.93 bits per heavy atom. The fraction of sp³-hybridized carbons (Fsp3) is 0.421. The van der Waals surface area contributed by atoms with E-state index in [4.69, 9.17) is 0 Å². The van der Waals surface area contributed by atoms with Crippen LogP contribution in [0.3, 0.4) is 0 Å². The Hall–Kier alpha value is -2.48. The number of aromatic nitrogens is 2. The predicted octanol–water partition coefficient (Wildman–Crippen LogP) is 2.20. The molecule has 1 aromatic heterocycles. The average Bonchev–Trinajstić information content (AvgIpc) is 3.01. The highest BCUT2D eigenvalue weighted by Gasteiger charge is 2.34. The topological polar surface area (TPSA) is 83.5 Å². The lowest BCUT2D eigenvalue weighted by atomic mass is 10.2. The molecule has 8 heteroatoms. The lowest BCUT2D eigenvalue weighted by molar-refractivity contribution is 0.0702. The van der Waals surface area contributed by atoms with E-state index in [1.807, 2.05) is 49.2 Å². The molecule has 7 nitrogen and oxygen atoms in total. The van der Waals surface area contributed by atoms with Crippen LogP contribution in [-0.2, 0) is 9.84 Å². The number of para-hydroxylation sites is 1. The van der Waals surface area contributed by atoms with E-state index in [0.29, 0.717) is 24.6 Å². The van der Waals surface area contributed by atoms with E-state index in [-0.39, 0.29) is 29.1 Å². The first-order valence-electron chi connectivity index (χ1n) is 8.96. The lowest BCUT2D eigenvalue weighted by Gasteiger charge is -2.27. The number of aryl methyl sites for hydroxylation is 1. The molecule has 1 atom stereocenters. The van der Waals surface area contributed by atoms with Crippen molar-refractivity contribution in [3.63, 3.8) is 0 Å². The molecule has 144 valence electrons. The van der Waals surface area contributed by atoms with Crippen LogP contribution in [0.25, 0.3) is 0 Å². The normalized spacial score (nSPS) is 18.3. The summed E-state index contributed by atoms with van der Waals surface area (Å²) < 4.78 is 23.6. The fourth-order valence-corrected chi connectivity index (χ4v) is 5.08. The second kappa shape index (κ2) is 7.64. The Bertz CT molecular complexity index is 931. The van der Waals surface area contributed by atoms with Crippen LogP contribution in [0.1, 0.15) is 29.7 Å². The number of hydrogen-bond acceptors (Lipinski definition) is 6. The summed E-state index contributed by atoms with van der Waals surface area (Å²) in [7, 11) is -1.19. The molecule has 1 fully saturated rings. The van der Waals surface area contributed by atoms with Gasteiger partial charge < -0.3 is 9.80 Å². The van der Waals surface area contributed by atoms with E-state index in [1.54, 1.807) is 17.9 Å². The van der Waals surface area contributed by atoms with Gasteiger partial charge in [-0.25, -0.2) is 18.4 Å². The maximum atomic E-state index is 13.1. The molecule has 1 unspecified atom stereocenters. The number of hydrogen-bond donors (Lipinski definition) is 0. The van der Waals surface area contributed by atoms with Gasteiger partial charge in [0.1, 0.15) is 17.3 Å². The predicted molar refractivity (Wildman–Crippen MR) is 105 cm³/mol. The number of carbonyl (C=O) groups is 1. The molecule has 0 radical (unpaired) electrons. The summed E-state index contributed by atoms with van der Waals surface area (Å²) in [6.45, 7) is 4.04. The van der Waals surface area contributed by atoms with Crippen molar-refractivity contribution in [2.24, 2.45) is 0 Å². The zero-order valence-corrected chi connectivity index (χ0v) is 16.6. The van der Waals surface area contributed by atoms with Gasteiger partial charge in [0.05, 0.1) is 11.5 Å². The van der Waals surface area contributed by atoms with Gasteiger partial charge in [0, 0.05) is 31.4 Å². The number of sulfone groups is 1. The number of carbonyl (C=O) groups excluding carboxylic acids is 1. The zero-order valence-electron chi connectivity index (χ0n) is 15.8. The first-order valence-corrected chi connectivity index (χ1v) is 10.8. The SMILES string of the molecule is CCN(C(=O)c1cc(N(C)c2ccccc2)nc(C)n1)C1CCS(=O)(=O)C1. The summed E-state index contributed by atoms with van der Waals surface area (Å²) in [5.74, 6) is 1.01. The first kappa shape index (κ1) is 19.3. The van der Waals surface area contributed by atoms with Gasteiger partial charge in [-0.05, 0) is 32.4 Å². The van der Waals surface area contributed by atoms with Crippen LogP contribution in [0.5, 0.6) is 0 Å². The largest absolute Gasteiger partial charge is 0.334 e. The second-order valence-corrected chi connectivity index (χ2v) is 8.93. The number of anilines is 2. The van der Waals surface area contributed by atoms with Crippen molar-refractivity contribution < 1.29 is 13.2 Å². The third-order valence-corrected chi connectivity index (χ3v) is 6.53. The van der Waals surface area contributed by atoms with Gasteiger partial charge in [-0.2, -0.15) is 0 Å². The minimum Gasteiger partial charge on any atom is -0.334 e. The highest BCUT2D eigenvalue weighted by atomic mass is 32.2. The highest BCUT2D eigenvalue weighted by molar-refractivity contribution is 7.91. The van der Waals surface area contributed by atoms with Gasteiger partial charge in [-0.1, -0.05) is 18.2 Å². The van der Waals surface area contributed by atoms with Gasteiger partial charge in [0.2, 0.25) is 0 Å². The molecule has 1 aliphatic rings. The van der Waals surface area contributed by atoms with Gasteiger partial charge in [0.15, 0.2) is 9.84 Å². The van der Waals surface area contributed by atoms with Crippen molar-refractivity contribution in [2.45, 2.75) is 26.3 Å². The van der Waals surface area contributed by atoms with Crippen molar-refractivity contribution >= 4 is 27.2 Å². The van der Waals surface area contributed by atoms with Crippen LogP contribution in [0, 0.1) is 6.92 Å². The quantitative estimate of drug-likeness (QED) is 0.781. The van der Waals surface area contributed by atoms with Crippen molar-refractivity contribution in [3.05, 3.63) is 47.9 Å². The summed E-state index contributed by atoms with van der Waals surface area (Å²) in [6, 6.07) is 11.1. The van der Waals surface area contributed by atoms with Crippen LogP contribution in [0.15, 0.2) is 36.4 Å². The standard InChI is InChI=1S/C19H24N4O3S/c1-4-23(16-10-11-27(25,26)13-16)19(24)17-12-18(21-14(2)20-17)22(3)15-8-6-5-7-9-15/h5-9,12,16H,4,10-11,13H2,1-3H3. The Morgan fingerprint density at radius 3 is 2.52 bits per heavy atom. The molecule has 1 aromatic carbocycles. The Kier molecular flexibility index (Phi) is 5.46. The first-order chi connectivity index (χ1) is 12.8.